The van der Waals surface area contributed by atoms with E-state index >= 15 is 0 Å². The molecule has 1 saturated heterocycles. The third-order valence-electron chi connectivity index (χ3n) is 5.63. The van der Waals surface area contributed by atoms with Crippen molar-refractivity contribution in [1.29, 1.82) is 0 Å². The number of H-pyrrole nitrogens is 1. The van der Waals surface area contributed by atoms with E-state index in [1.807, 2.05) is 6.20 Å². The number of nitrogens with zero attached hydrogens (tertiary/aromatic N) is 2. The van der Waals surface area contributed by atoms with Crippen molar-refractivity contribution in [3.63, 3.8) is 0 Å². The molecule has 4 rings (SSSR count). The Bertz CT molecular complexity index is 1010. The Morgan fingerprint density at radius 3 is 2.59 bits per heavy atom. The van der Waals surface area contributed by atoms with Crippen LogP contribution in [0.15, 0.2) is 53.7 Å². The molecule has 0 atom stereocenters. The first-order valence-corrected chi connectivity index (χ1v) is 10.8. The molecule has 1 fully saturated rings. The van der Waals surface area contributed by atoms with Gasteiger partial charge < -0.3 is 20.4 Å². The Kier molecular flexibility index (Phi) is 9.31. The molecule has 1 aliphatic rings. The summed E-state index contributed by atoms with van der Waals surface area (Å²) in [5, 5.41) is 7.62. The van der Waals surface area contributed by atoms with E-state index < -0.39 is 0 Å². The zero-order valence-electron chi connectivity index (χ0n) is 18.4. The summed E-state index contributed by atoms with van der Waals surface area (Å²) in [6.45, 7) is 6.03. The van der Waals surface area contributed by atoms with Crippen molar-refractivity contribution in [2.75, 3.05) is 39.9 Å². The molecule has 0 radical (unpaired) electrons. The van der Waals surface area contributed by atoms with Gasteiger partial charge in [-0.05, 0) is 41.3 Å². The Morgan fingerprint density at radius 2 is 1.84 bits per heavy atom. The molecule has 0 spiro atoms. The normalized spacial score (nSPS) is 14.9. The van der Waals surface area contributed by atoms with Crippen LogP contribution in [-0.2, 0) is 24.2 Å². The van der Waals surface area contributed by atoms with Crippen LogP contribution in [0.1, 0.15) is 16.7 Å². The maximum absolute atomic E-state index is 13.5. The van der Waals surface area contributed by atoms with Crippen LogP contribution < -0.4 is 10.6 Å². The van der Waals surface area contributed by atoms with Gasteiger partial charge in [0.25, 0.3) is 0 Å². The van der Waals surface area contributed by atoms with Crippen molar-refractivity contribution < 1.29 is 9.13 Å². The van der Waals surface area contributed by atoms with Gasteiger partial charge in [0.05, 0.1) is 13.2 Å². The van der Waals surface area contributed by atoms with Crippen LogP contribution in [0.25, 0.3) is 10.9 Å². The van der Waals surface area contributed by atoms with E-state index in [1.54, 1.807) is 19.2 Å². The van der Waals surface area contributed by atoms with Gasteiger partial charge in [0.1, 0.15) is 5.82 Å². The van der Waals surface area contributed by atoms with E-state index in [0.29, 0.717) is 13.1 Å². The maximum atomic E-state index is 13.5. The van der Waals surface area contributed by atoms with Crippen LogP contribution in [0, 0.1) is 5.82 Å². The largest absolute Gasteiger partial charge is 0.379 e. The average molecular weight is 551 g/mol. The molecule has 0 saturated carbocycles. The molecule has 2 heterocycles. The first-order valence-electron chi connectivity index (χ1n) is 10.8. The minimum absolute atomic E-state index is 0. The van der Waals surface area contributed by atoms with Crippen molar-refractivity contribution >= 4 is 40.8 Å². The summed E-state index contributed by atoms with van der Waals surface area (Å²) < 4.78 is 18.9. The van der Waals surface area contributed by atoms with E-state index in [-0.39, 0.29) is 29.8 Å². The molecule has 0 bridgehead atoms. The molecule has 3 aromatic rings. The molecule has 172 valence electrons. The van der Waals surface area contributed by atoms with Crippen LogP contribution in [0.3, 0.4) is 0 Å². The number of nitrogens with one attached hydrogen (secondary N) is 3. The quantitative estimate of drug-likeness (QED) is 0.238. The summed E-state index contributed by atoms with van der Waals surface area (Å²) in [4.78, 5) is 9.92. The smallest absolute Gasteiger partial charge is 0.191 e. The van der Waals surface area contributed by atoms with Crippen molar-refractivity contribution in [2.45, 2.75) is 19.5 Å². The van der Waals surface area contributed by atoms with E-state index in [0.717, 1.165) is 61.7 Å². The van der Waals surface area contributed by atoms with Gasteiger partial charge >= 0.3 is 0 Å². The predicted molar refractivity (Wildman–Crippen MR) is 138 cm³/mol. The Morgan fingerprint density at radius 1 is 1.09 bits per heavy atom. The highest BCUT2D eigenvalue weighted by Crippen LogP contribution is 2.19. The van der Waals surface area contributed by atoms with Crippen LogP contribution in [0.5, 0.6) is 0 Å². The number of guanidine groups is 1. The van der Waals surface area contributed by atoms with Crippen molar-refractivity contribution in [1.82, 2.24) is 20.5 Å². The number of hydrogen-bond donors (Lipinski definition) is 3. The van der Waals surface area contributed by atoms with Gasteiger partial charge in [-0.15, -0.1) is 24.0 Å². The fourth-order valence-electron chi connectivity index (χ4n) is 3.86. The zero-order chi connectivity index (χ0) is 21.5. The number of aromatic nitrogens is 1. The lowest BCUT2D eigenvalue weighted by molar-refractivity contribution is 0.0342. The van der Waals surface area contributed by atoms with Gasteiger partial charge in [-0.25, -0.2) is 4.39 Å². The Balaban J connectivity index is 0.00000289. The molecule has 3 N–H and O–H groups in total. The van der Waals surface area contributed by atoms with Gasteiger partial charge in [0, 0.05) is 56.9 Å². The monoisotopic (exact) mass is 551 g/mol. The minimum atomic E-state index is -0.213. The lowest BCUT2D eigenvalue weighted by Crippen LogP contribution is -2.37. The van der Waals surface area contributed by atoms with Crippen LogP contribution >= 0.6 is 24.0 Å². The van der Waals surface area contributed by atoms with Gasteiger partial charge in [-0.1, -0.05) is 24.3 Å². The predicted octanol–water partition coefficient (Wildman–Crippen LogP) is 3.66. The summed E-state index contributed by atoms with van der Waals surface area (Å²) in [6.07, 6.45) is 2.72. The molecular formula is C24H31FIN5O. The number of hydrogen-bond acceptors (Lipinski definition) is 3. The van der Waals surface area contributed by atoms with Crippen LogP contribution in [0.4, 0.5) is 4.39 Å². The Hall–Kier alpha value is -2.17. The highest BCUT2D eigenvalue weighted by molar-refractivity contribution is 14.0. The molecule has 8 heteroatoms. The molecule has 0 unspecified atom stereocenters. The number of morpholine rings is 1. The number of ether oxygens (including phenoxy) is 1. The van der Waals surface area contributed by atoms with Crippen LogP contribution in [-0.4, -0.2) is 55.7 Å². The Labute approximate surface area is 205 Å². The third-order valence-corrected chi connectivity index (χ3v) is 5.63. The van der Waals surface area contributed by atoms with Gasteiger partial charge in [-0.2, -0.15) is 0 Å². The molecule has 6 nitrogen and oxygen atoms in total. The zero-order valence-corrected chi connectivity index (χ0v) is 20.7. The second-order valence-corrected chi connectivity index (χ2v) is 7.81. The number of halogens is 2. The van der Waals surface area contributed by atoms with E-state index in [1.165, 1.54) is 17.2 Å². The van der Waals surface area contributed by atoms with Crippen molar-refractivity contribution in [3.05, 3.63) is 71.2 Å². The minimum Gasteiger partial charge on any atom is -0.379 e. The number of aliphatic imine (C=N–C) groups is 1. The highest BCUT2D eigenvalue weighted by atomic mass is 127. The topological polar surface area (TPSA) is 64.7 Å². The van der Waals surface area contributed by atoms with Gasteiger partial charge in [-0.3, -0.25) is 9.89 Å². The molecule has 0 aliphatic carbocycles. The first kappa shape index (κ1) is 24.5. The molecule has 1 aliphatic heterocycles. The summed E-state index contributed by atoms with van der Waals surface area (Å²) in [5.74, 6) is 0.540. The van der Waals surface area contributed by atoms with E-state index in [2.05, 4.69) is 49.8 Å². The third kappa shape index (κ3) is 6.66. The summed E-state index contributed by atoms with van der Waals surface area (Å²) in [5.41, 5.74) is 4.58. The molecule has 32 heavy (non-hydrogen) atoms. The first-order chi connectivity index (χ1) is 15.2. The number of fused-ring (bicyclic) bond motifs is 1. The summed E-state index contributed by atoms with van der Waals surface area (Å²) >= 11 is 0. The average Bonchev–Trinajstić information content (AvgIpc) is 3.20. The van der Waals surface area contributed by atoms with E-state index in [4.69, 9.17) is 4.74 Å². The number of rotatable bonds is 7. The molecule has 0 amide bonds. The van der Waals surface area contributed by atoms with Crippen molar-refractivity contribution in [2.24, 2.45) is 4.99 Å². The lowest BCUT2D eigenvalue weighted by Gasteiger charge is -2.26. The summed E-state index contributed by atoms with van der Waals surface area (Å²) in [6, 6.07) is 13.5. The fourth-order valence-corrected chi connectivity index (χ4v) is 3.86. The summed E-state index contributed by atoms with van der Waals surface area (Å²) in [7, 11) is 1.77. The molecule has 1 aromatic heterocycles. The van der Waals surface area contributed by atoms with Crippen molar-refractivity contribution in [3.8, 4) is 0 Å². The SMILES string of the molecule is CN=C(NCCc1c[nH]c2ccc(F)cc12)NCc1ccc(CN2CCOCC2)cc1.I. The van der Waals surface area contributed by atoms with Gasteiger partial charge in [0.2, 0.25) is 0 Å². The van der Waals surface area contributed by atoms with E-state index in [9.17, 15) is 4.39 Å². The number of benzene rings is 2. The lowest BCUT2D eigenvalue weighted by atomic mass is 10.1. The number of aromatic amines is 1. The van der Waals surface area contributed by atoms with Gasteiger partial charge in [0.15, 0.2) is 5.96 Å². The van der Waals surface area contributed by atoms with Crippen LogP contribution in [0.2, 0.25) is 0 Å². The highest BCUT2D eigenvalue weighted by Gasteiger charge is 2.10. The second kappa shape index (κ2) is 12.2. The second-order valence-electron chi connectivity index (χ2n) is 7.81. The maximum Gasteiger partial charge on any atom is 0.191 e. The standard InChI is InChI=1S/C24H30FN5O.HI/c1-26-24(27-9-8-20-16-28-23-7-6-21(25)14-22(20)23)29-15-18-2-4-19(5-3-18)17-30-10-12-31-13-11-30;/h2-7,14,16,28H,8-13,15,17H2,1H3,(H2,26,27,29);1H. The molecule has 2 aromatic carbocycles. The fraction of sp³-hybridized carbons (Fsp3) is 0.375. The molecular weight excluding hydrogens is 520 g/mol.